The highest BCUT2D eigenvalue weighted by atomic mass is 35.5. The van der Waals surface area contributed by atoms with E-state index in [-0.39, 0.29) is 18.4 Å². The molecular formula is C12H12ClNO2. The Balaban J connectivity index is 0.00000128. The van der Waals surface area contributed by atoms with Crippen molar-refractivity contribution in [2.45, 2.75) is 0 Å². The summed E-state index contributed by atoms with van der Waals surface area (Å²) in [4.78, 5) is 11.5. The first kappa shape index (κ1) is 12.3. The number of esters is 1. The lowest BCUT2D eigenvalue weighted by molar-refractivity contribution is 0.0603. The summed E-state index contributed by atoms with van der Waals surface area (Å²) in [5, 5.41) is 1.70. The van der Waals surface area contributed by atoms with Gasteiger partial charge in [0, 0.05) is 11.1 Å². The standard InChI is InChI=1S/C12H11NO2.ClH/c1-15-12(14)10-6-2-5-9-8(10)4-3-7-11(9)13;/h2-7H,13H2,1H3;1H. The number of carbonyl (C=O) groups is 1. The van der Waals surface area contributed by atoms with Gasteiger partial charge in [-0.1, -0.05) is 24.3 Å². The van der Waals surface area contributed by atoms with Crippen LogP contribution in [-0.2, 0) is 4.74 Å². The van der Waals surface area contributed by atoms with E-state index in [4.69, 9.17) is 10.5 Å². The number of halogens is 1. The first-order chi connectivity index (χ1) is 7.24. The summed E-state index contributed by atoms with van der Waals surface area (Å²) in [6.07, 6.45) is 0. The third kappa shape index (κ3) is 1.95. The Kier molecular flexibility index (Phi) is 3.74. The molecule has 0 aliphatic carbocycles. The van der Waals surface area contributed by atoms with Gasteiger partial charge in [0.1, 0.15) is 0 Å². The number of anilines is 1. The zero-order chi connectivity index (χ0) is 10.8. The number of nitrogen functional groups attached to an aromatic ring is 1. The monoisotopic (exact) mass is 237 g/mol. The van der Waals surface area contributed by atoms with Gasteiger partial charge in [-0.05, 0) is 17.5 Å². The molecule has 0 aliphatic heterocycles. The van der Waals surface area contributed by atoms with E-state index in [0.29, 0.717) is 11.3 Å². The van der Waals surface area contributed by atoms with Gasteiger partial charge in [-0.25, -0.2) is 4.79 Å². The highest BCUT2D eigenvalue weighted by Crippen LogP contribution is 2.24. The fraction of sp³-hybridized carbons (Fsp3) is 0.0833. The van der Waals surface area contributed by atoms with Crippen molar-refractivity contribution in [3.63, 3.8) is 0 Å². The maximum atomic E-state index is 11.5. The molecule has 0 amide bonds. The number of benzene rings is 2. The van der Waals surface area contributed by atoms with Crippen LogP contribution >= 0.6 is 12.4 Å². The predicted octanol–water partition coefficient (Wildman–Crippen LogP) is 2.63. The zero-order valence-electron chi connectivity index (χ0n) is 8.77. The summed E-state index contributed by atoms with van der Waals surface area (Å²) in [7, 11) is 1.37. The molecule has 2 aromatic rings. The topological polar surface area (TPSA) is 52.3 Å². The second-order valence-electron chi connectivity index (χ2n) is 3.24. The fourth-order valence-corrected chi connectivity index (χ4v) is 1.62. The average molecular weight is 238 g/mol. The summed E-state index contributed by atoms with van der Waals surface area (Å²) in [6, 6.07) is 10.9. The maximum absolute atomic E-state index is 11.5. The Morgan fingerprint density at radius 3 is 2.44 bits per heavy atom. The molecule has 0 unspecified atom stereocenters. The molecule has 84 valence electrons. The Hall–Kier alpha value is -1.74. The predicted molar refractivity (Wildman–Crippen MR) is 66.9 cm³/mol. The average Bonchev–Trinajstić information content (AvgIpc) is 2.28. The molecule has 2 rings (SSSR count). The van der Waals surface area contributed by atoms with Crippen LogP contribution in [0.3, 0.4) is 0 Å². The quantitative estimate of drug-likeness (QED) is 0.613. The molecule has 2 N–H and O–H groups in total. The summed E-state index contributed by atoms with van der Waals surface area (Å²) in [5.41, 5.74) is 7.02. The molecule has 0 saturated carbocycles. The third-order valence-corrected chi connectivity index (χ3v) is 2.36. The minimum Gasteiger partial charge on any atom is -0.465 e. The van der Waals surface area contributed by atoms with Crippen molar-refractivity contribution in [3.05, 3.63) is 42.0 Å². The molecule has 0 bridgehead atoms. The number of hydrogen-bond donors (Lipinski definition) is 1. The van der Waals surface area contributed by atoms with E-state index in [9.17, 15) is 4.79 Å². The van der Waals surface area contributed by atoms with E-state index in [2.05, 4.69) is 0 Å². The van der Waals surface area contributed by atoms with Gasteiger partial charge in [0.2, 0.25) is 0 Å². The van der Waals surface area contributed by atoms with E-state index in [1.54, 1.807) is 12.1 Å². The van der Waals surface area contributed by atoms with Gasteiger partial charge in [0.25, 0.3) is 0 Å². The van der Waals surface area contributed by atoms with Crippen molar-refractivity contribution in [2.24, 2.45) is 0 Å². The number of fused-ring (bicyclic) bond motifs is 1. The van der Waals surface area contributed by atoms with Crippen molar-refractivity contribution in [3.8, 4) is 0 Å². The van der Waals surface area contributed by atoms with E-state index in [1.807, 2.05) is 24.3 Å². The van der Waals surface area contributed by atoms with E-state index in [1.165, 1.54) is 7.11 Å². The van der Waals surface area contributed by atoms with Crippen LogP contribution in [0.5, 0.6) is 0 Å². The summed E-state index contributed by atoms with van der Waals surface area (Å²) >= 11 is 0. The molecule has 0 aliphatic rings. The number of hydrogen-bond acceptors (Lipinski definition) is 3. The Labute approximate surface area is 99.6 Å². The number of carbonyl (C=O) groups excluding carboxylic acids is 1. The van der Waals surface area contributed by atoms with Crippen LogP contribution in [-0.4, -0.2) is 13.1 Å². The highest BCUT2D eigenvalue weighted by Gasteiger charge is 2.10. The smallest absolute Gasteiger partial charge is 0.338 e. The second-order valence-corrected chi connectivity index (χ2v) is 3.24. The van der Waals surface area contributed by atoms with Gasteiger partial charge in [-0.3, -0.25) is 0 Å². The van der Waals surface area contributed by atoms with Crippen molar-refractivity contribution >= 4 is 34.8 Å². The van der Waals surface area contributed by atoms with Gasteiger partial charge < -0.3 is 10.5 Å². The number of ether oxygens (including phenoxy) is 1. The SMILES string of the molecule is COC(=O)c1cccc2c(N)cccc12.Cl. The van der Waals surface area contributed by atoms with Gasteiger partial charge in [0.05, 0.1) is 12.7 Å². The van der Waals surface area contributed by atoms with Crippen molar-refractivity contribution < 1.29 is 9.53 Å². The number of rotatable bonds is 1. The summed E-state index contributed by atoms with van der Waals surface area (Å²) < 4.78 is 4.70. The number of methoxy groups -OCH3 is 1. The minimum atomic E-state index is -0.341. The van der Waals surface area contributed by atoms with E-state index >= 15 is 0 Å². The molecule has 0 heterocycles. The van der Waals surface area contributed by atoms with Crippen LogP contribution in [0.2, 0.25) is 0 Å². The highest BCUT2D eigenvalue weighted by molar-refractivity contribution is 6.07. The van der Waals surface area contributed by atoms with Crippen LogP contribution in [0.25, 0.3) is 10.8 Å². The van der Waals surface area contributed by atoms with Crippen molar-refractivity contribution in [2.75, 3.05) is 12.8 Å². The largest absolute Gasteiger partial charge is 0.465 e. The molecule has 0 fully saturated rings. The Morgan fingerprint density at radius 2 is 1.75 bits per heavy atom. The van der Waals surface area contributed by atoms with Gasteiger partial charge >= 0.3 is 5.97 Å². The zero-order valence-corrected chi connectivity index (χ0v) is 9.58. The molecule has 0 saturated heterocycles. The normalized spacial score (nSPS) is 9.56. The maximum Gasteiger partial charge on any atom is 0.338 e. The Bertz CT molecular complexity index is 525. The first-order valence-electron chi connectivity index (χ1n) is 4.59. The molecular weight excluding hydrogens is 226 g/mol. The molecule has 0 spiro atoms. The lowest BCUT2D eigenvalue weighted by Crippen LogP contribution is -2.02. The van der Waals surface area contributed by atoms with Crippen LogP contribution < -0.4 is 5.73 Å². The molecule has 0 aromatic heterocycles. The molecule has 2 aromatic carbocycles. The van der Waals surface area contributed by atoms with Crippen molar-refractivity contribution in [1.82, 2.24) is 0 Å². The third-order valence-electron chi connectivity index (χ3n) is 2.36. The van der Waals surface area contributed by atoms with E-state index in [0.717, 1.165) is 10.8 Å². The molecule has 0 radical (unpaired) electrons. The molecule has 16 heavy (non-hydrogen) atoms. The lowest BCUT2D eigenvalue weighted by atomic mass is 10.0. The second kappa shape index (κ2) is 4.86. The van der Waals surface area contributed by atoms with Gasteiger partial charge in [-0.2, -0.15) is 0 Å². The first-order valence-corrected chi connectivity index (χ1v) is 4.59. The van der Waals surface area contributed by atoms with Gasteiger partial charge in [0.15, 0.2) is 0 Å². The van der Waals surface area contributed by atoms with Crippen LogP contribution in [0.1, 0.15) is 10.4 Å². The van der Waals surface area contributed by atoms with Crippen LogP contribution in [0, 0.1) is 0 Å². The Morgan fingerprint density at radius 1 is 1.12 bits per heavy atom. The molecule has 3 nitrogen and oxygen atoms in total. The fourth-order valence-electron chi connectivity index (χ4n) is 1.62. The lowest BCUT2D eigenvalue weighted by Gasteiger charge is -2.06. The number of nitrogens with two attached hydrogens (primary N) is 1. The molecule has 0 atom stereocenters. The summed E-state index contributed by atoms with van der Waals surface area (Å²) in [5.74, 6) is -0.341. The van der Waals surface area contributed by atoms with Crippen LogP contribution in [0.4, 0.5) is 5.69 Å². The summed E-state index contributed by atoms with van der Waals surface area (Å²) in [6.45, 7) is 0. The molecule has 4 heteroatoms. The van der Waals surface area contributed by atoms with Gasteiger partial charge in [-0.15, -0.1) is 12.4 Å². The van der Waals surface area contributed by atoms with E-state index < -0.39 is 0 Å². The minimum absolute atomic E-state index is 0. The van der Waals surface area contributed by atoms with Crippen LogP contribution in [0.15, 0.2) is 36.4 Å². The van der Waals surface area contributed by atoms with Crippen molar-refractivity contribution in [1.29, 1.82) is 0 Å².